The molecule has 4 aromatic rings. The zero-order valence-corrected chi connectivity index (χ0v) is 17.8. The first-order chi connectivity index (χ1) is 14.5. The van der Waals surface area contributed by atoms with E-state index in [0.29, 0.717) is 43.3 Å². The predicted molar refractivity (Wildman–Crippen MR) is 117 cm³/mol. The molecule has 150 valence electrons. The summed E-state index contributed by atoms with van der Waals surface area (Å²) in [6, 6.07) is 13.7. The summed E-state index contributed by atoms with van der Waals surface area (Å²) >= 11 is 18.7. The molecule has 0 aliphatic heterocycles. The van der Waals surface area contributed by atoms with E-state index in [4.69, 9.17) is 39.3 Å². The second-order valence-electron chi connectivity index (χ2n) is 6.27. The lowest BCUT2D eigenvalue weighted by Gasteiger charge is -2.20. The van der Waals surface area contributed by atoms with Crippen molar-refractivity contribution in [2.45, 2.75) is 6.92 Å². The molecular weight excluding hydrogens is 447 g/mol. The molecule has 4 rings (SSSR count). The number of hydrogen-bond donors (Lipinski definition) is 0. The standard InChI is InChI=1S/C21H13Cl3N4O2/c1-12(29)28(18-5-3-2-4-16(18)24)21-19(17-6-7-25-11-26-17)20(27-30-21)13-8-14(22)10-15(23)9-13/h2-11H,1H3. The van der Waals surface area contributed by atoms with Crippen molar-refractivity contribution in [3.8, 4) is 22.5 Å². The maximum absolute atomic E-state index is 12.6. The molecule has 0 aliphatic rings. The van der Waals surface area contributed by atoms with Gasteiger partial charge in [-0.3, -0.25) is 4.79 Å². The molecule has 2 aromatic carbocycles. The molecule has 0 atom stereocenters. The minimum Gasteiger partial charge on any atom is -0.336 e. The van der Waals surface area contributed by atoms with E-state index in [1.54, 1.807) is 54.7 Å². The van der Waals surface area contributed by atoms with Gasteiger partial charge in [-0.1, -0.05) is 52.1 Å². The van der Waals surface area contributed by atoms with Gasteiger partial charge in [-0.2, -0.15) is 0 Å². The zero-order chi connectivity index (χ0) is 21.3. The fraction of sp³-hybridized carbons (Fsp3) is 0.0476. The van der Waals surface area contributed by atoms with E-state index in [-0.39, 0.29) is 11.8 Å². The number of para-hydroxylation sites is 1. The minimum absolute atomic E-state index is 0.167. The molecule has 2 heterocycles. The molecule has 9 heteroatoms. The summed E-state index contributed by atoms with van der Waals surface area (Å²) in [7, 11) is 0. The maximum Gasteiger partial charge on any atom is 0.248 e. The van der Waals surface area contributed by atoms with E-state index < -0.39 is 0 Å². The van der Waals surface area contributed by atoms with Gasteiger partial charge in [-0.25, -0.2) is 14.9 Å². The van der Waals surface area contributed by atoms with Crippen LogP contribution in [0.5, 0.6) is 0 Å². The summed E-state index contributed by atoms with van der Waals surface area (Å²) in [4.78, 5) is 22.3. The average Bonchev–Trinajstić information content (AvgIpc) is 3.14. The number of hydrogen-bond acceptors (Lipinski definition) is 5. The Kier molecular flexibility index (Phi) is 5.72. The van der Waals surface area contributed by atoms with Crippen LogP contribution in [-0.2, 0) is 4.79 Å². The number of rotatable bonds is 4. The lowest BCUT2D eigenvalue weighted by atomic mass is 10.0. The van der Waals surface area contributed by atoms with Crippen LogP contribution in [0.4, 0.5) is 11.6 Å². The van der Waals surface area contributed by atoms with Gasteiger partial charge in [0, 0.05) is 28.7 Å². The highest BCUT2D eigenvalue weighted by Gasteiger charge is 2.29. The van der Waals surface area contributed by atoms with Crippen molar-refractivity contribution in [3.05, 3.63) is 76.1 Å². The predicted octanol–water partition coefficient (Wildman–Crippen LogP) is 6.44. The van der Waals surface area contributed by atoms with Gasteiger partial charge >= 0.3 is 0 Å². The summed E-state index contributed by atoms with van der Waals surface area (Å²) in [6.45, 7) is 1.41. The van der Waals surface area contributed by atoms with Crippen LogP contribution in [0.2, 0.25) is 15.1 Å². The zero-order valence-electron chi connectivity index (χ0n) is 15.5. The van der Waals surface area contributed by atoms with E-state index in [0.717, 1.165) is 0 Å². The Hall–Kier alpha value is -2.93. The van der Waals surface area contributed by atoms with Crippen LogP contribution in [-0.4, -0.2) is 21.0 Å². The van der Waals surface area contributed by atoms with E-state index in [9.17, 15) is 4.79 Å². The number of carbonyl (C=O) groups is 1. The van der Waals surface area contributed by atoms with E-state index in [1.807, 2.05) is 0 Å². The summed E-state index contributed by atoms with van der Waals surface area (Å²) in [5, 5.41) is 5.46. The van der Waals surface area contributed by atoms with Crippen molar-refractivity contribution in [2.24, 2.45) is 0 Å². The largest absolute Gasteiger partial charge is 0.336 e. The molecule has 0 unspecified atom stereocenters. The Morgan fingerprint density at radius 3 is 2.40 bits per heavy atom. The van der Waals surface area contributed by atoms with Crippen molar-refractivity contribution in [1.82, 2.24) is 15.1 Å². The second-order valence-corrected chi connectivity index (χ2v) is 7.55. The Balaban J connectivity index is 2.00. The van der Waals surface area contributed by atoms with Gasteiger partial charge in [0.1, 0.15) is 12.0 Å². The van der Waals surface area contributed by atoms with Crippen LogP contribution in [0.3, 0.4) is 0 Å². The summed E-state index contributed by atoms with van der Waals surface area (Å²) < 4.78 is 5.67. The number of halogens is 3. The molecule has 0 saturated carbocycles. The van der Waals surface area contributed by atoms with Crippen molar-refractivity contribution in [1.29, 1.82) is 0 Å². The van der Waals surface area contributed by atoms with Gasteiger partial charge in [-0.15, -0.1) is 0 Å². The average molecular weight is 460 g/mol. The van der Waals surface area contributed by atoms with Crippen molar-refractivity contribution < 1.29 is 9.32 Å². The number of amides is 1. The maximum atomic E-state index is 12.6. The lowest BCUT2D eigenvalue weighted by Crippen LogP contribution is -2.23. The third-order valence-corrected chi connectivity index (χ3v) is 5.02. The Bertz CT molecular complexity index is 1210. The SMILES string of the molecule is CC(=O)N(c1ccccc1Cl)c1onc(-c2cc(Cl)cc(Cl)c2)c1-c1ccncn1. The smallest absolute Gasteiger partial charge is 0.248 e. The summed E-state index contributed by atoms with van der Waals surface area (Å²) in [5.74, 6) is -0.148. The molecule has 0 bridgehead atoms. The van der Waals surface area contributed by atoms with Crippen LogP contribution in [0.25, 0.3) is 22.5 Å². The fourth-order valence-corrected chi connectivity index (χ4v) is 3.79. The molecule has 0 fully saturated rings. The van der Waals surface area contributed by atoms with Crippen LogP contribution in [0.15, 0.2) is 65.6 Å². The fourth-order valence-electron chi connectivity index (χ4n) is 3.05. The van der Waals surface area contributed by atoms with E-state index >= 15 is 0 Å². The molecule has 6 nitrogen and oxygen atoms in total. The molecule has 0 aliphatic carbocycles. The molecular formula is C21H13Cl3N4O2. The van der Waals surface area contributed by atoms with Crippen LogP contribution in [0.1, 0.15) is 6.92 Å². The normalized spacial score (nSPS) is 10.8. The number of carbonyl (C=O) groups excluding carboxylic acids is 1. The van der Waals surface area contributed by atoms with Gasteiger partial charge in [0.2, 0.25) is 11.8 Å². The summed E-state index contributed by atoms with van der Waals surface area (Å²) in [5.41, 5.74) is 2.47. The van der Waals surface area contributed by atoms with Gasteiger partial charge in [0.15, 0.2) is 0 Å². The topological polar surface area (TPSA) is 72.1 Å². The van der Waals surface area contributed by atoms with Crippen molar-refractivity contribution in [3.63, 3.8) is 0 Å². The molecule has 0 radical (unpaired) electrons. The number of anilines is 2. The lowest BCUT2D eigenvalue weighted by molar-refractivity contribution is -0.116. The highest BCUT2D eigenvalue weighted by Crippen LogP contribution is 2.43. The minimum atomic E-state index is -0.315. The van der Waals surface area contributed by atoms with Crippen molar-refractivity contribution in [2.75, 3.05) is 4.90 Å². The quantitative estimate of drug-likeness (QED) is 0.351. The number of nitrogens with zero attached hydrogens (tertiary/aromatic N) is 4. The molecule has 0 N–H and O–H groups in total. The van der Waals surface area contributed by atoms with Crippen LogP contribution >= 0.6 is 34.8 Å². The molecule has 0 saturated heterocycles. The van der Waals surface area contributed by atoms with Gasteiger partial charge in [0.05, 0.1) is 22.0 Å². The highest BCUT2D eigenvalue weighted by atomic mass is 35.5. The Morgan fingerprint density at radius 2 is 1.77 bits per heavy atom. The van der Waals surface area contributed by atoms with Crippen LogP contribution in [0, 0.1) is 0 Å². The monoisotopic (exact) mass is 458 g/mol. The second kappa shape index (κ2) is 8.44. The van der Waals surface area contributed by atoms with E-state index in [1.165, 1.54) is 18.2 Å². The number of benzene rings is 2. The molecule has 1 amide bonds. The van der Waals surface area contributed by atoms with Crippen LogP contribution < -0.4 is 4.90 Å². The third kappa shape index (κ3) is 3.89. The molecule has 2 aromatic heterocycles. The molecule has 30 heavy (non-hydrogen) atoms. The van der Waals surface area contributed by atoms with Gasteiger partial charge in [-0.05, 0) is 36.4 Å². The summed E-state index contributed by atoms with van der Waals surface area (Å²) in [6.07, 6.45) is 2.98. The van der Waals surface area contributed by atoms with Crippen molar-refractivity contribution >= 4 is 52.3 Å². The number of aromatic nitrogens is 3. The first-order valence-electron chi connectivity index (χ1n) is 8.73. The third-order valence-electron chi connectivity index (χ3n) is 4.26. The Morgan fingerprint density at radius 1 is 1.03 bits per heavy atom. The first-order valence-corrected chi connectivity index (χ1v) is 9.87. The van der Waals surface area contributed by atoms with Gasteiger partial charge < -0.3 is 4.52 Å². The van der Waals surface area contributed by atoms with E-state index in [2.05, 4.69) is 15.1 Å². The first kappa shape index (κ1) is 20.3. The highest BCUT2D eigenvalue weighted by molar-refractivity contribution is 6.35. The van der Waals surface area contributed by atoms with Gasteiger partial charge in [0.25, 0.3) is 0 Å². The Labute approximate surface area is 187 Å². The molecule has 0 spiro atoms.